The molecule has 5 rings (SSSR count). The molecule has 9 heteroatoms. The van der Waals surface area contributed by atoms with Gasteiger partial charge in [0, 0.05) is 12.8 Å². The van der Waals surface area contributed by atoms with Crippen molar-refractivity contribution in [1.82, 2.24) is 5.32 Å². The molecular formula is C33H49NO8. The molecule has 42 heavy (non-hydrogen) atoms. The minimum absolute atomic E-state index is 0.000389. The van der Waals surface area contributed by atoms with Crippen LogP contribution in [0.5, 0.6) is 11.5 Å². The van der Waals surface area contributed by atoms with Gasteiger partial charge in [0.1, 0.15) is 6.04 Å². The van der Waals surface area contributed by atoms with Crippen LogP contribution in [-0.4, -0.2) is 66.9 Å². The van der Waals surface area contributed by atoms with Crippen LogP contribution < -0.4 is 5.32 Å². The van der Waals surface area contributed by atoms with Crippen molar-refractivity contribution in [1.29, 1.82) is 0 Å². The van der Waals surface area contributed by atoms with Gasteiger partial charge in [0.2, 0.25) is 5.91 Å². The minimum atomic E-state index is -1.16. The van der Waals surface area contributed by atoms with Gasteiger partial charge in [0.05, 0.1) is 18.3 Å². The SMILES string of the molecule is C[C@H](CCC(=O)N[C@@H](Cc1ccc(O)c(O)c1)C(=O)O)[C@H]1CC[C@H]2[C@@H]3[C@@H](O)[C@@H](O)[C@@H]4C[C@H](O)CC[C@]4(C)[C@H]3CC[C@]12C. The first-order chi connectivity index (χ1) is 19.8. The summed E-state index contributed by atoms with van der Waals surface area (Å²) in [5.74, 6) is -0.935. The molecule has 0 aromatic heterocycles. The van der Waals surface area contributed by atoms with Gasteiger partial charge in [-0.15, -0.1) is 0 Å². The Morgan fingerprint density at radius 1 is 0.929 bits per heavy atom. The molecule has 4 saturated carbocycles. The summed E-state index contributed by atoms with van der Waals surface area (Å²) in [4.78, 5) is 24.7. The average molecular weight is 588 g/mol. The molecule has 1 aromatic carbocycles. The lowest BCUT2D eigenvalue weighted by Crippen LogP contribution is -2.64. The van der Waals surface area contributed by atoms with Gasteiger partial charge in [-0.25, -0.2) is 4.79 Å². The molecule has 12 atom stereocenters. The predicted molar refractivity (Wildman–Crippen MR) is 155 cm³/mol. The van der Waals surface area contributed by atoms with Crippen LogP contribution in [0.1, 0.15) is 84.1 Å². The average Bonchev–Trinajstić information content (AvgIpc) is 3.30. The van der Waals surface area contributed by atoms with Gasteiger partial charge < -0.3 is 36.0 Å². The summed E-state index contributed by atoms with van der Waals surface area (Å²) in [6.07, 6.45) is 5.06. The van der Waals surface area contributed by atoms with E-state index in [2.05, 4.69) is 26.1 Å². The van der Waals surface area contributed by atoms with Crippen molar-refractivity contribution < 1.29 is 40.2 Å². The normalized spacial score (nSPS) is 40.7. The van der Waals surface area contributed by atoms with Gasteiger partial charge >= 0.3 is 5.97 Å². The van der Waals surface area contributed by atoms with E-state index in [9.17, 15) is 40.2 Å². The van der Waals surface area contributed by atoms with Gasteiger partial charge in [0.15, 0.2) is 11.5 Å². The molecule has 7 N–H and O–H groups in total. The Balaban J connectivity index is 1.21. The number of aliphatic hydroxyl groups is 3. The molecular weight excluding hydrogens is 538 g/mol. The Labute approximate surface area is 248 Å². The molecule has 9 nitrogen and oxygen atoms in total. The van der Waals surface area contributed by atoms with Crippen molar-refractivity contribution >= 4 is 11.9 Å². The van der Waals surface area contributed by atoms with Crippen molar-refractivity contribution in [3.8, 4) is 11.5 Å². The maximum absolute atomic E-state index is 12.9. The zero-order valence-corrected chi connectivity index (χ0v) is 25.1. The summed E-state index contributed by atoms with van der Waals surface area (Å²) in [6.45, 7) is 6.80. The number of hydrogen-bond donors (Lipinski definition) is 7. The first-order valence-electron chi connectivity index (χ1n) is 15.8. The standard InChI is InChI=1S/C33H49NO8/c1-17(4-9-27(38)34-24(31(41)42)14-18-5-8-25(36)26(37)15-18)20-6-7-21-28-22(11-13-32(20,21)2)33(3)12-10-19(35)16-23(33)29(39)30(28)40/h5,8,15,17,19-24,28-30,35-37,39-40H,4,6-7,9-14,16H2,1-3H3,(H,34,38)(H,41,42)/t17-,19-,20-,21+,22+,23+,24+,28+,29+,30-,32-,33-/m1/s1. The molecule has 1 amide bonds. The lowest BCUT2D eigenvalue weighted by Gasteiger charge is -2.63. The molecule has 4 aliphatic rings. The van der Waals surface area contributed by atoms with Crippen molar-refractivity contribution in [3.05, 3.63) is 23.8 Å². The highest BCUT2D eigenvalue weighted by Gasteiger charge is 2.65. The molecule has 0 heterocycles. The zero-order chi connectivity index (χ0) is 30.6. The van der Waals surface area contributed by atoms with Crippen molar-refractivity contribution in [2.45, 2.75) is 109 Å². The first kappa shape index (κ1) is 31.1. The van der Waals surface area contributed by atoms with Gasteiger partial charge in [-0.3, -0.25) is 4.79 Å². The Hall–Kier alpha value is -2.36. The third kappa shape index (κ3) is 5.41. The number of aliphatic carboxylic acids is 1. The number of phenolic OH excluding ortho intramolecular Hbond substituents is 2. The van der Waals surface area contributed by atoms with E-state index in [0.29, 0.717) is 36.2 Å². The third-order valence-corrected chi connectivity index (χ3v) is 12.4. The number of aliphatic hydroxyl groups excluding tert-OH is 3. The molecule has 0 spiro atoms. The van der Waals surface area contributed by atoms with E-state index in [1.807, 2.05) is 0 Å². The second-order valence-corrected chi connectivity index (χ2v) is 14.5. The van der Waals surface area contributed by atoms with Crippen LogP contribution in [0.25, 0.3) is 0 Å². The van der Waals surface area contributed by atoms with Crippen LogP contribution in [-0.2, 0) is 16.0 Å². The van der Waals surface area contributed by atoms with E-state index in [4.69, 9.17) is 0 Å². The number of nitrogens with one attached hydrogen (secondary N) is 1. The van der Waals surface area contributed by atoms with Crippen molar-refractivity contribution in [2.75, 3.05) is 0 Å². The number of aromatic hydroxyl groups is 2. The second-order valence-electron chi connectivity index (χ2n) is 14.5. The lowest BCUT2D eigenvalue weighted by molar-refractivity contribution is -0.223. The van der Waals surface area contributed by atoms with Gasteiger partial charge in [0.25, 0.3) is 0 Å². The van der Waals surface area contributed by atoms with Crippen LogP contribution in [0.4, 0.5) is 0 Å². The van der Waals surface area contributed by atoms with Crippen molar-refractivity contribution in [3.63, 3.8) is 0 Å². The third-order valence-electron chi connectivity index (χ3n) is 12.4. The summed E-state index contributed by atoms with van der Waals surface area (Å²) >= 11 is 0. The van der Waals surface area contributed by atoms with Gasteiger partial charge in [-0.2, -0.15) is 0 Å². The minimum Gasteiger partial charge on any atom is -0.504 e. The molecule has 1 aromatic rings. The summed E-state index contributed by atoms with van der Waals surface area (Å²) in [5.41, 5.74) is 0.414. The Kier molecular flexibility index (Phi) is 8.60. The fraction of sp³-hybridized carbons (Fsp3) is 0.758. The smallest absolute Gasteiger partial charge is 0.326 e. The molecule has 0 bridgehead atoms. The number of carbonyl (C=O) groups excluding carboxylic acids is 1. The number of benzene rings is 1. The molecule has 0 unspecified atom stereocenters. The Morgan fingerprint density at radius 2 is 1.62 bits per heavy atom. The van der Waals surface area contributed by atoms with Gasteiger partial charge in [-0.05, 0) is 115 Å². The number of carboxylic acid groups (broad SMARTS) is 1. The molecule has 0 saturated heterocycles. The molecule has 234 valence electrons. The van der Waals surface area contributed by atoms with E-state index < -0.39 is 30.3 Å². The summed E-state index contributed by atoms with van der Waals surface area (Å²) < 4.78 is 0. The zero-order valence-electron chi connectivity index (χ0n) is 25.1. The number of phenols is 2. The summed E-state index contributed by atoms with van der Waals surface area (Å²) in [6, 6.07) is 2.96. The highest BCUT2D eigenvalue weighted by atomic mass is 16.4. The molecule has 4 aliphatic carbocycles. The number of carboxylic acids is 1. The maximum Gasteiger partial charge on any atom is 0.326 e. The highest BCUT2D eigenvalue weighted by molar-refractivity contribution is 5.83. The number of fused-ring (bicyclic) bond motifs is 5. The summed E-state index contributed by atoms with van der Waals surface area (Å²) in [5, 5.41) is 64.6. The van der Waals surface area contributed by atoms with E-state index in [0.717, 1.165) is 38.5 Å². The Morgan fingerprint density at radius 3 is 2.31 bits per heavy atom. The van der Waals surface area contributed by atoms with E-state index in [-0.39, 0.29) is 58.8 Å². The monoisotopic (exact) mass is 587 g/mol. The molecule has 0 radical (unpaired) electrons. The van der Waals surface area contributed by atoms with Crippen LogP contribution in [0.3, 0.4) is 0 Å². The first-order valence-corrected chi connectivity index (χ1v) is 15.8. The number of amides is 1. The van der Waals surface area contributed by atoms with Crippen LogP contribution in [0.15, 0.2) is 18.2 Å². The lowest BCUT2D eigenvalue weighted by atomic mass is 9.43. The van der Waals surface area contributed by atoms with E-state index in [1.165, 1.54) is 18.2 Å². The quantitative estimate of drug-likeness (QED) is 0.227. The second kappa shape index (κ2) is 11.6. The highest BCUT2D eigenvalue weighted by Crippen LogP contribution is 2.68. The van der Waals surface area contributed by atoms with Crippen LogP contribution in [0.2, 0.25) is 0 Å². The topological polar surface area (TPSA) is 168 Å². The fourth-order valence-electron chi connectivity index (χ4n) is 10.2. The predicted octanol–water partition coefficient (Wildman–Crippen LogP) is 3.59. The van der Waals surface area contributed by atoms with E-state index >= 15 is 0 Å². The van der Waals surface area contributed by atoms with Gasteiger partial charge in [-0.1, -0.05) is 26.8 Å². The van der Waals surface area contributed by atoms with Crippen molar-refractivity contribution in [2.24, 2.45) is 46.3 Å². The van der Waals surface area contributed by atoms with E-state index in [1.54, 1.807) is 0 Å². The number of carbonyl (C=O) groups is 2. The largest absolute Gasteiger partial charge is 0.504 e. The fourth-order valence-corrected chi connectivity index (χ4v) is 10.2. The molecule has 4 fully saturated rings. The number of rotatable bonds is 8. The Bertz CT molecular complexity index is 1170. The van der Waals surface area contributed by atoms with Crippen LogP contribution in [0, 0.1) is 46.3 Å². The summed E-state index contributed by atoms with van der Waals surface area (Å²) in [7, 11) is 0. The molecule has 0 aliphatic heterocycles. The number of hydrogen-bond acceptors (Lipinski definition) is 7. The maximum atomic E-state index is 12.9. The van der Waals surface area contributed by atoms with Crippen LogP contribution >= 0.6 is 0 Å².